The van der Waals surface area contributed by atoms with Crippen molar-refractivity contribution in [2.24, 2.45) is 0 Å². The standard InChI is InChI=1S/C15H15N3O3/c1-16-14(20)9-10-5-2-3-6-11(10)18-15(21)12-7-4-8-13(19)17-12/h2-8H,9H2,1H3,(H,16,20)(H,17,19)(H,18,21). The number of para-hydroxylation sites is 1. The first-order chi connectivity index (χ1) is 10.1. The highest BCUT2D eigenvalue weighted by atomic mass is 16.2. The number of rotatable bonds is 4. The van der Waals surface area contributed by atoms with Crippen LogP contribution in [0.15, 0.2) is 47.3 Å². The number of H-pyrrole nitrogens is 1. The fraction of sp³-hybridized carbons (Fsp3) is 0.133. The van der Waals surface area contributed by atoms with Crippen LogP contribution in [0.25, 0.3) is 0 Å². The number of aromatic amines is 1. The van der Waals surface area contributed by atoms with E-state index in [2.05, 4.69) is 15.6 Å². The van der Waals surface area contributed by atoms with Gasteiger partial charge in [0.15, 0.2) is 0 Å². The molecule has 0 saturated heterocycles. The molecule has 0 aliphatic carbocycles. The summed E-state index contributed by atoms with van der Waals surface area (Å²) in [5.74, 6) is -0.582. The molecule has 2 rings (SSSR count). The molecule has 2 amide bonds. The van der Waals surface area contributed by atoms with Crippen LogP contribution >= 0.6 is 0 Å². The molecule has 3 N–H and O–H groups in total. The van der Waals surface area contributed by atoms with Crippen molar-refractivity contribution in [3.63, 3.8) is 0 Å². The Hall–Kier alpha value is -2.89. The van der Waals surface area contributed by atoms with E-state index >= 15 is 0 Å². The van der Waals surface area contributed by atoms with Gasteiger partial charge in [-0.15, -0.1) is 0 Å². The summed E-state index contributed by atoms with van der Waals surface area (Å²) >= 11 is 0. The summed E-state index contributed by atoms with van der Waals surface area (Å²) in [7, 11) is 1.55. The normalized spacial score (nSPS) is 9.95. The topological polar surface area (TPSA) is 91.1 Å². The monoisotopic (exact) mass is 285 g/mol. The van der Waals surface area contributed by atoms with Gasteiger partial charge < -0.3 is 15.6 Å². The zero-order valence-electron chi connectivity index (χ0n) is 11.5. The van der Waals surface area contributed by atoms with Crippen LogP contribution in [0, 0.1) is 0 Å². The second kappa shape index (κ2) is 6.51. The van der Waals surface area contributed by atoms with Crippen molar-refractivity contribution >= 4 is 17.5 Å². The van der Waals surface area contributed by atoms with E-state index in [9.17, 15) is 14.4 Å². The Bertz CT molecular complexity index is 722. The average molecular weight is 285 g/mol. The van der Waals surface area contributed by atoms with Gasteiger partial charge in [0.2, 0.25) is 11.5 Å². The molecule has 21 heavy (non-hydrogen) atoms. The van der Waals surface area contributed by atoms with Crippen LogP contribution in [-0.4, -0.2) is 23.8 Å². The minimum atomic E-state index is -0.433. The van der Waals surface area contributed by atoms with Gasteiger partial charge in [0.25, 0.3) is 5.91 Å². The molecule has 108 valence electrons. The summed E-state index contributed by atoms with van der Waals surface area (Å²) in [5, 5.41) is 5.23. The molecule has 0 unspecified atom stereocenters. The zero-order valence-corrected chi connectivity index (χ0v) is 11.5. The van der Waals surface area contributed by atoms with Crippen LogP contribution < -0.4 is 16.2 Å². The van der Waals surface area contributed by atoms with Gasteiger partial charge in [0.1, 0.15) is 5.69 Å². The number of amides is 2. The van der Waals surface area contributed by atoms with Gasteiger partial charge in [-0.05, 0) is 17.7 Å². The number of benzene rings is 1. The number of likely N-dealkylation sites (N-methyl/N-ethyl adjacent to an activating group) is 1. The zero-order chi connectivity index (χ0) is 15.2. The molecule has 0 radical (unpaired) electrons. The first-order valence-corrected chi connectivity index (χ1v) is 6.39. The van der Waals surface area contributed by atoms with E-state index in [1.54, 1.807) is 31.3 Å². The number of carbonyl (C=O) groups excluding carboxylic acids is 2. The van der Waals surface area contributed by atoms with E-state index in [4.69, 9.17) is 0 Å². The number of aromatic nitrogens is 1. The molecule has 0 saturated carbocycles. The lowest BCUT2D eigenvalue weighted by molar-refractivity contribution is -0.119. The molecular weight excluding hydrogens is 270 g/mol. The second-order valence-corrected chi connectivity index (χ2v) is 4.39. The van der Waals surface area contributed by atoms with Crippen molar-refractivity contribution in [1.29, 1.82) is 0 Å². The molecule has 0 aliphatic heterocycles. The highest BCUT2D eigenvalue weighted by Gasteiger charge is 2.11. The molecule has 6 nitrogen and oxygen atoms in total. The Balaban J connectivity index is 2.21. The average Bonchev–Trinajstić information content (AvgIpc) is 2.49. The van der Waals surface area contributed by atoms with E-state index in [1.165, 1.54) is 18.2 Å². The first kappa shape index (κ1) is 14.5. The summed E-state index contributed by atoms with van der Waals surface area (Å²) in [5.41, 5.74) is 1.05. The van der Waals surface area contributed by atoms with E-state index in [-0.39, 0.29) is 23.6 Å². The fourth-order valence-electron chi connectivity index (χ4n) is 1.83. The maximum Gasteiger partial charge on any atom is 0.272 e. The lowest BCUT2D eigenvalue weighted by atomic mass is 10.1. The predicted molar refractivity (Wildman–Crippen MR) is 79.2 cm³/mol. The van der Waals surface area contributed by atoms with Gasteiger partial charge >= 0.3 is 0 Å². The highest BCUT2D eigenvalue weighted by molar-refractivity contribution is 6.03. The number of pyridine rings is 1. The minimum Gasteiger partial charge on any atom is -0.359 e. The number of anilines is 1. The minimum absolute atomic E-state index is 0.148. The maximum atomic E-state index is 12.1. The van der Waals surface area contributed by atoms with Gasteiger partial charge in [-0.3, -0.25) is 14.4 Å². The quantitative estimate of drug-likeness (QED) is 0.780. The summed E-state index contributed by atoms with van der Waals surface area (Å²) in [6, 6.07) is 11.4. The summed E-state index contributed by atoms with van der Waals surface area (Å²) < 4.78 is 0. The van der Waals surface area contributed by atoms with Crippen molar-refractivity contribution in [3.05, 3.63) is 64.1 Å². The molecular formula is C15H15N3O3. The molecule has 0 spiro atoms. The molecule has 6 heteroatoms. The maximum absolute atomic E-state index is 12.1. The van der Waals surface area contributed by atoms with Gasteiger partial charge in [-0.1, -0.05) is 24.3 Å². The Morgan fingerprint density at radius 1 is 1.10 bits per heavy atom. The molecule has 2 aromatic rings. The Kier molecular flexibility index (Phi) is 4.50. The molecule has 0 atom stereocenters. The van der Waals surface area contributed by atoms with Crippen LogP contribution in [0.5, 0.6) is 0 Å². The third kappa shape index (κ3) is 3.79. The van der Waals surface area contributed by atoms with E-state index in [0.29, 0.717) is 11.3 Å². The van der Waals surface area contributed by atoms with Crippen LogP contribution in [0.4, 0.5) is 5.69 Å². The third-order valence-corrected chi connectivity index (χ3v) is 2.91. The van der Waals surface area contributed by atoms with E-state index < -0.39 is 5.91 Å². The number of carbonyl (C=O) groups is 2. The van der Waals surface area contributed by atoms with Crippen LogP contribution in [-0.2, 0) is 11.2 Å². The Labute approximate surface area is 121 Å². The van der Waals surface area contributed by atoms with Crippen LogP contribution in [0.3, 0.4) is 0 Å². The van der Waals surface area contributed by atoms with E-state index in [1.807, 2.05) is 0 Å². The number of hydrogen-bond donors (Lipinski definition) is 3. The second-order valence-electron chi connectivity index (χ2n) is 4.39. The van der Waals surface area contributed by atoms with Crippen molar-refractivity contribution in [3.8, 4) is 0 Å². The van der Waals surface area contributed by atoms with Crippen molar-refractivity contribution in [1.82, 2.24) is 10.3 Å². The third-order valence-electron chi connectivity index (χ3n) is 2.91. The highest BCUT2D eigenvalue weighted by Crippen LogP contribution is 2.16. The number of hydrogen-bond acceptors (Lipinski definition) is 3. The smallest absolute Gasteiger partial charge is 0.272 e. The Morgan fingerprint density at radius 2 is 1.86 bits per heavy atom. The molecule has 1 aromatic heterocycles. The number of nitrogens with one attached hydrogen (secondary N) is 3. The SMILES string of the molecule is CNC(=O)Cc1ccccc1NC(=O)c1cccc(=O)[nH]1. The summed E-state index contributed by atoms with van der Waals surface area (Å²) in [4.78, 5) is 37.2. The van der Waals surface area contributed by atoms with E-state index in [0.717, 1.165) is 0 Å². The molecule has 0 aliphatic rings. The lowest BCUT2D eigenvalue weighted by Crippen LogP contribution is -2.22. The van der Waals surface area contributed by atoms with Gasteiger partial charge in [-0.2, -0.15) is 0 Å². The fourth-order valence-corrected chi connectivity index (χ4v) is 1.83. The molecule has 0 bridgehead atoms. The molecule has 1 heterocycles. The summed E-state index contributed by atoms with van der Waals surface area (Å²) in [6.45, 7) is 0. The van der Waals surface area contributed by atoms with Gasteiger partial charge in [-0.25, -0.2) is 0 Å². The molecule has 0 fully saturated rings. The van der Waals surface area contributed by atoms with Crippen LogP contribution in [0.1, 0.15) is 16.1 Å². The Morgan fingerprint density at radius 3 is 2.57 bits per heavy atom. The summed E-state index contributed by atoms with van der Waals surface area (Å²) in [6.07, 6.45) is 0.165. The molecule has 1 aromatic carbocycles. The largest absolute Gasteiger partial charge is 0.359 e. The first-order valence-electron chi connectivity index (χ1n) is 6.39. The van der Waals surface area contributed by atoms with Crippen molar-refractivity contribution in [2.45, 2.75) is 6.42 Å². The predicted octanol–water partition coefficient (Wildman–Crippen LogP) is 0.916. The van der Waals surface area contributed by atoms with Crippen molar-refractivity contribution in [2.75, 3.05) is 12.4 Å². The van der Waals surface area contributed by atoms with Gasteiger partial charge in [0.05, 0.1) is 6.42 Å². The van der Waals surface area contributed by atoms with Crippen molar-refractivity contribution < 1.29 is 9.59 Å². The van der Waals surface area contributed by atoms with Gasteiger partial charge in [0, 0.05) is 18.8 Å². The lowest BCUT2D eigenvalue weighted by Gasteiger charge is -2.10. The van der Waals surface area contributed by atoms with Crippen LogP contribution in [0.2, 0.25) is 0 Å².